The molecular formula is C13H14N2O. The predicted octanol–water partition coefficient (Wildman–Crippen LogP) is 2.02. The molecule has 0 spiro atoms. The fourth-order valence-corrected chi connectivity index (χ4v) is 1.79. The van der Waals surface area contributed by atoms with Crippen molar-refractivity contribution in [2.24, 2.45) is 7.05 Å². The van der Waals surface area contributed by atoms with Gasteiger partial charge in [0.25, 0.3) is 0 Å². The van der Waals surface area contributed by atoms with Crippen LogP contribution in [0, 0.1) is 0 Å². The van der Waals surface area contributed by atoms with Gasteiger partial charge in [-0.05, 0) is 18.4 Å². The van der Waals surface area contributed by atoms with Gasteiger partial charge >= 0.3 is 0 Å². The molecule has 16 heavy (non-hydrogen) atoms. The molecule has 0 unspecified atom stereocenters. The SMILES string of the molecule is Cn1ncc(C=O)c1CCc1ccccc1. The second-order valence-corrected chi connectivity index (χ2v) is 3.77. The van der Waals surface area contributed by atoms with Crippen LogP contribution in [0.2, 0.25) is 0 Å². The summed E-state index contributed by atoms with van der Waals surface area (Å²) in [6.45, 7) is 0. The van der Waals surface area contributed by atoms with Crippen molar-refractivity contribution in [3.63, 3.8) is 0 Å². The van der Waals surface area contributed by atoms with E-state index in [1.165, 1.54) is 5.56 Å². The number of nitrogens with zero attached hydrogens (tertiary/aromatic N) is 2. The summed E-state index contributed by atoms with van der Waals surface area (Å²) in [5.41, 5.74) is 2.97. The minimum absolute atomic E-state index is 0.693. The van der Waals surface area contributed by atoms with E-state index in [2.05, 4.69) is 17.2 Å². The average molecular weight is 214 g/mol. The number of hydrogen-bond donors (Lipinski definition) is 0. The highest BCUT2D eigenvalue weighted by Crippen LogP contribution is 2.09. The van der Waals surface area contributed by atoms with Crippen molar-refractivity contribution >= 4 is 6.29 Å². The Bertz CT molecular complexity index is 474. The van der Waals surface area contributed by atoms with Gasteiger partial charge < -0.3 is 0 Å². The molecule has 3 nitrogen and oxygen atoms in total. The summed E-state index contributed by atoms with van der Waals surface area (Å²) in [6.07, 6.45) is 4.26. The zero-order valence-electron chi connectivity index (χ0n) is 9.26. The Morgan fingerprint density at radius 1 is 1.25 bits per heavy atom. The highest BCUT2D eigenvalue weighted by atomic mass is 16.1. The zero-order chi connectivity index (χ0) is 11.4. The Morgan fingerprint density at radius 3 is 2.69 bits per heavy atom. The molecule has 0 bridgehead atoms. The Balaban J connectivity index is 2.10. The van der Waals surface area contributed by atoms with Gasteiger partial charge in [0.05, 0.1) is 11.8 Å². The molecule has 2 rings (SSSR count). The standard InChI is InChI=1S/C13H14N2O/c1-15-13(12(10-16)9-14-15)8-7-11-5-3-2-4-6-11/h2-6,9-10H,7-8H2,1H3. The normalized spacial score (nSPS) is 10.3. The van der Waals surface area contributed by atoms with Gasteiger partial charge in [0.15, 0.2) is 6.29 Å². The van der Waals surface area contributed by atoms with Crippen LogP contribution in [0.1, 0.15) is 21.6 Å². The van der Waals surface area contributed by atoms with Crippen LogP contribution in [-0.4, -0.2) is 16.1 Å². The van der Waals surface area contributed by atoms with Crippen LogP contribution in [0.4, 0.5) is 0 Å². The molecule has 2 aromatic rings. The van der Waals surface area contributed by atoms with Gasteiger partial charge in [0, 0.05) is 12.7 Å². The molecule has 1 aromatic heterocycles. The number of aromatic nitrogens is 2. The van der Waals surface area contributed by atoms with Crippen LogP contribution in [0.5, 0.6) is 0 Å². The summed E-state index contributed by atoms with van der Waals surface area (Å²) in [5, 5.41) is 4.09. The van der Waals surface area contributed by atoms with E-state index >= 15 is 0 Å². The summed E-state index contributed by atoms with van der Waals surface area (Å²) in [6, 6.07) is 10.2. The Hall–Kier alpha value is -1.90. The number of aldehydes is 1. The van der Waals surface area contributed by atoms with Gasteiger partial charge in [0.2, 0.25) is 0 Å². The topological polar surface area (TPSA) is 34.9 Å². The van der Waals surface area contributed by atoms with Gasteiger partial charge in [-0.1, -0.05) is 30.3 Å². The first-order chi connectivity index (χ1) is 7.81. The fraction of sp³-hybridized carbons (Fsp3) is 0.231. The molecule has 0 radical (unpaired) electrons. The van der Waals surface area contributed by atoms with E-state index in [9.17, 15) is 4.79 Å². The lowest BCUT2D eigenvalue weighted by molar-refractivity contribution is 0.112. The molecule has 0 amide bonds. The molecule has 0 atom stereocenters. The van der Waals surface area contributed by atoms with E-state index in [1.54, 1.807) is 10.9 Å². The number of carbonyl (C=O) groups excluding carboxylic acids is 1. The third kappa shape index (κ3) is 2.19. The lowest BCUT2D eigenvalue weighted by Crippen LogP contribution is -2.02. The van der Waals surface area contributed by atoms with Crippen molar-refractivity contribution < 1.29 is 4.79 Å². The minimum atomic E-state index is 0.693. The fourth-order valence-electron chi connectivity index (χ4n) is 1.79. The highest BCUT2D eigenvalue weighted by molar-refractivity contribution is 5.76. The molecule has 1 heterocycles. The molecule has 0 fully saturated rings. The zero-order valence-corrected chi connectivity index (χ0v) is 9.26. The average Bonchev–Trinajstić information content (AvgIpc) is 2.69. The molecule has 82 valence electrons. The minimum Gasteiger partial charge on any atom is -0.298 e. The van der Waals surface area contributed by atoms with Crippen molar-refractivity contribution in [3.05, 3.63) is 53.3 Å². The third-order valence-corrected chi connectivity index (χ3v) is 2.71. The Morgan fingerprint density at radius 2 is 2.00 bits per heavy atom. The largest absolute Gasteiger partial charge is 0.298 e. The smallest absolute Gasteiger partial charge is 0.153 e. The quantitative estimate of drug-likeness (QED) is 0.730. The van der Waals surface area contributed by atoms with E-state index in [0.717, 1.165) is 24.8 Å². The number of aryl methyl sites for hydroxylation is 2. The first kappa shape index (κ1) is 10.6. The number of rotatable bonds is 4. The molecule has 0 aliphatic heterocycles. The number of benzene rings is 1. The van der Waals surface area contributed by atoms with Gasteiger partial charge in [0.1, 0.15) is 0 Å². The molecule has 0 N–H and O–H groups in total. The van der Waals surface area contributed by atoms with E-state index in [-0.39, 0.29) is 0 Å². The first-order valence-electron chi connectivity index (χ1n) is 5.31. The molecule has 0 saturated carbocycles. The summed E-state index contributed by atoms with van der Waals surface area (Å²) in [5.74, 6) is 0. The van der Waals surface area contributed by atoms with Crippen molar-refractivity contribution in [3.8, 4) is 0 Å². The van der Waals surface area contributed by atoms with Crippen LogP contribution >= 0.6 is 0 Å². The van der Waals surface area contributed by atoms with E-state index in [4.69, 9.17) is 0 Å². The summed E-state index contributed by atoms with van der Waals surface area (Å²) in [7, 11) is 1.87. The Kier molecular flexibility index (Phi) is 3.15. The lowest BCUT2D eigenvalue weighted by Gasteiger charge is -2.03. The van der Waals surface area contributed by atoms with Crippen molar-refractivity contribution in [1.82, 2.24) is 9.78 Å². The van der Waals surface area contributed by atoms with Crippen LogP contribution in [0.3, 0.4) is 0 Å². The van der Waals surface area contributed by atoms with E-state index in [1.807, 2.05) is 25.2 Å². The molecule has 0 aliphatic carbocycles. The van der Waals surface area contributed by atoms with Crippen molar-refractivity contribution in [2.75, 3.05) is 0 Å². The molecular weight excluding hydrogens is 200 g/mol. The second kappa shape index (κ2) is 4.75. The van der Waals surface area contributed by atoms with Crippen LogP contribution in [0.25, 0.3) is 0 Å². The van der Waals surface area contributed by atoms with Gasteiger partial charge in [-0.2, -0.15) is 5.10 Å². The van der Waals surface area contributed by atoms with Gasteiger partial charge in [-0.25, -0.2) is 0 Å². The van der Waals surface area contributed by atoms with Crippen LogP contribution in [0.15, 0.2) is 36.5 Å². The third-order valence-electron chi connectivity index (χ3n) is 2.71. The maximum absolute atomic E-state index is 10.8. The molecule has 0 aliphatic rings. The summed E-state index contributed by atoms with van der Waals surface area (Å²) >= 11 is 0. The molecule has 0 saturated heterocycles. The summed E-state index contributed by atoms with van der Waals surface area (Å²) < 4.78 is 1.77. The van der Waals surface area contributed by atoms with Crippen LogP contribution in [-0.2, 0) is 19.9 Å². The van der Waals surface area contributed by atoms with Gasteiger partial charge in [-0.15, -0.1) is 0 Å². The molecule has 3 heteroatoms. The predicted molar refractivity (Wildman–Crippen MR) is 62.4 cm³/mol. The monoisotopic (exact) mass is 214 g/mol. The molecule has 1 aromatic carbocycles. The highest BCUT2D eigenvalue weighted by Gasteiger charge is 2.07. The maximum Gasteiger partial charge on any atom is 0.153 e. The van der Waals surface area contributed by atoms with Crippen LogP contribution < -0.4 is 0 Å². The van der Waals surface area contributed by atoms with Crippen molar-refractivity contribution in [2.45, 2.75) is 12.8 Å². The number of hydrogen-bond acceptors (Lipinski definition) is 2. The second-order valence-electron chi connectivity index (χ2n) is 3.77. The Labute approximate surface area is 94.7 Å². The number of carbonyl (C=O) groups is 1. The van der Waals surface area contributed by atoms with E-state index < -0.39 is 0 Å². The van der Waals surface area contributed by atoms with Crippen molar-refractivity contribution in [1.29, 1.82) is 0 Å². The lowest BCUT2D eigenvalue weighted by atomic mass is 10.1. The first-order valence-corrected chi connectivity index (χ1v) is 5.31. The summed E-state index contributed by atoms with van der Waals surface area (Å²) in [4.78, 5) is 10.8. The maximum atomic E-state index is 10.8. The van der Waals surface area contributed by atoms with E-state index in [0.29, 0.717) is 5.56 Å². The van der Waals surface area contributed by atoms with Gasteiger partial charge in [-0.3, -0.25) is 9.48 Å².